The third kappa shape index (κ3) is 2.74. The van der Waals surface area contributed by atoms with Gasteiger partial charge in [0.25, 0.3) is 0 Å². The van der Waals surface area contributed by atoms with Crippen LogP contribution in [0, 0.1) is 0 Å². The molecule has 0 bridgehead atoms. The topological polar surface area (TPSA) is 62.7 Å². The van der Waals surface area contributed by atoms with Crippen LogP contribution in [-0.2, 0) is 4.74 Å². The van der Waals surface area contributed by atoms with Gasteiger partial charge in [-0.1, -0.05) is 6.07 Å². The first-order valence-electron chi connectivity index (χ1n) is 5.69. The lowest BCUT2D eigenvalue weighted by Crippen LogP contribution is -2.37. The van der Waals surface area contributed by atoms with E-state index in [1.54, 1.807) is 6.07 Å². The van der Waals surface area contributed by atoms with Crippen LogP contribution >= 0.6 is 0 Å². The van der Waals surface area contributed by atoms with Gasteiger partial charge in [-0.2, -0.15) is 0 Å². The van der Waals surface area contributed by atoms with Gasteiger partial charge in [0, 0.05) is 26.3 Å². The smallest absolute Gasteiger partial charge is 0.354 e. The molecule has 1 aromatic rings. The van der Waals surface area contributed by atoms with Crippen LogP contribution in [0.5, 0.6) is 0 Å². The van der Waals surface area contributed by atoms with Gasteiger partial charge in [-0.3, -0.25) is 0 Å². The van der Waals surface area contributed by atoms with Crippen molar-refractivity contribution in [1.29, 1.82) is 0 Å². The highest BCUT2D eigenvalue weighted by Gasteiger charge is 2.20. The Labute approximate surface area is 100 Å². The molecule has 2 heterocycles. The van der Waals surface area contributed by atoms with Crippen LogP contribution in [-0.4, -0.2) is 42.4 Å². The zero-order valence-electron chi connectivity index (χ0n) is 9.80. The molecular formula is C12H16N2O3. The highest BCUT2D eigenvalue weighted by atomic mass is 16.5. The second kappa shape index (κ2) is 5.14. The maximum atomic E-state index is 10.9. The van der Waals surface area contributed by atoms with E-state index >= 15 is 0 Å². The first-order valence-corrected chi connectivity index (χ1v) is 5.69. The Hall–Kier alpha value is -1.62. The van der Waals surface area contributed by atoms with E-state index < -0.39 is 5.97 Å². The lowest BCUT2D eigenvalue weighted by atomic mass is 10.1. The summed E-state index contributed by atoms with van der Waals surface area (Å²) in [5.74, 6) is -0.288. The Morgan fingerprint density at radius 2 is 2.18 bits per heavy atom. The molecule has 1 aliphatic rings. The monoisotopic (exact) mass is 236 g/mol. The van der Waals surface area contributed by atoms with Crippen LogP contribution in [0.15, 0.2) is 18.2 Å². The summed E-state index contributed by atoms with van der Waals surface area (Å²) in [4.78, 5) is 17.0. The fraction of sp³-hybridized carbons (Fsp3) is 0.500. The van der Waals surface area contributed by atoms with Crippen molar-refractivity contribution in [3.63, 3.8) is 0 Å². The fourth-order valence-electron chi connectivity index (χ4n) is 2.00. The molecule has 0 spiro atoms. The number of pyridine rings is 1. The Kier molecular flexibility index (Phi) is 3.58. The number of hydrogen-bond acceptors (Lipinski definition) is 4. The molecule has 1 N–H and O–H groups in total. The molecule has 0 amide bonds. The van der Waals surface area contributed by atoms with Crippen LogP contribution in [0.4, 0.5) is 5.82 Å². The molecule has 2 rings (SSSR count). The van der Waals surface area contributed by atoms with Gasteiger partial charge >= 0.3 is 5.97 Å². The quantitative estimate of drug-likeness (QED) is 0.859. The van der Waals surface area contributed by atoms with Gasteiger partial charge in [-0.15, -0.1) is 0 Å². The van der Waals surface area contributed by atoms with Gasteiger partial charge in [0.2, 0.25) is 0 Å². The molecule has 1 aromatic heterocycles. The minimum atomic E-state index is -0.993. The molecule has 0 aliphatic carbocycles. The minimum Gasteiger partial charge on any atom is -0.477 e. The number of carboxylic acids is 1. The summed E-state index contributed by atoms with van der Waals surface area (Å²) in [6, 6.07) is 5.44. The van der Waals surface area contributed by atoms with Crippen molar-refractivity contribution in [1.82, 2.24) is 4.98 Å². The molecule has 1 aliphatic heterocycles. The van der Waals surface area contributed by atoms with Gasteiger partial charge < -0.3 is 14.7 Å². The second-order valence-electron chi connectivity index (χ2n) is 4.14. The highest BCUT2D eigenvalue weighted by Crippen LogP contribution is 2.19. The van der Waals surface area contributed by atoms with Crippen LogP contribution in [0.3, 0.4) is 0 Å². The number of hydrogen-bond donors (Lipinski definition) is 1. The SMILES string of the molecule is CN(c1cccc(C(=O)O)n1)C1CCOCC1. The lowest BCUT2D eigenvalue weighted by Gasteiger charge is -2.32. The molecule has 0 unspecified atom stereocenters. The summed E-state index contributed by atoms with van der Waals surface area (Å²) in [7, 11) is 1.95. The molecule has 5 heteroatoms. The van der Waals surface area contributed by atoms with Crippen LogP contribution in [0.1, 0.15) is 23.3 Å². The molecule has 0 aromatic carbocycles. The number of rotatable bonds is 3. The number of nitrogens with zero attached hydrogens (tertiary/aromatic N) is 2. The number of carboxylic acid groups (broad SMARTS) is 1. The van der Waals surface area contributed by atoms with Crippen molar-refractivity contribution >= 4 is 11.8 Å². The highest BCUT2D eigenvalue weighted by molar-refractivity contribution is 5.85. The molecule has 1 saturated heterocycles. The Morgan fingerprint density at radius 3 is 2.82 bits per heavy atom. The summed E-state index contributed by atoms with van der Waals surface area (Å²) < 4.78 is 5.31. The molecule has 0 saturated carbocycles. The molecule has 1 fully saturated rings. The van der Waals surface area contributed by atoms with E-state index in [-0.39, 0.29) is 5.69 Å². The predicted octanol–water partition coefficient (Wildman–Crippen LogP) is 1.39. The van der Waals surface area contributed by atoms with E-state index in [4.69, 9.17) is 9.84 Å². The largest absolute Gasteiger partial charge is 0.477 e. The first kappa shape index (κ1) is 11.9. The number of carbonyl (C=O) groups is 1. The zero-order chi connectivity index (χ0) is 12.3. The fourth-order valence-corrected chi connectivity index (χ4v) is 2.00. The number of ether oxygens (including phenoxy) is 1. The van der Waals surface area contributed by atoms with E-state index in [0.29, 0.717) is 11.9 Å². The van der Waals surface area contributed by atoms with Gasteiger partial charge in [-0.05, 0) is 25.0 Å². The Bertz CT molecular complexity index is 402. The van der Waals surface area contributed by atoms with Gasteiger partial charge in [-0.25, -0.2) is 9.78 Å². The van der Waals surface area contributed by atoms with Crippen molar-refractivity contribution in [3.05, 3.63) is 23.9 Å². The van der Waals surface area contributed by atoms with Gasteiger partial charge in [0.05, 0.1) is 0 Å². The number of aromatic nitrogens is 1. The second-order valence-corrected chi connectivity index (χ2v) is 4.14. The van der Waals surface area contributed by atoms with E-state index in [2.05, 4.69) is 4.98 Å². The van der Waals surface area contributed by atoms with Crippen molar-refractivity contribution in [2.75, 3.05) is 25.2 Å². The van der Waals surface area contributed by atoms with Crippen molar-refractivity contribution in [2.45, 2.75) is 18.9 Å². The molecular weight excluding hydrogens is 220 g/mol. The lowest BCUT2D eigenvalue weighted by molar-refractivity contribution is 0.0690. The third-order valence-electron chi connectivity index (χ3n) is 3.05. The van der Waals surface area contributed by atoms with E-state index in [1.165, 1.54) is 6.07 Å². The third-order valence-corrected chi connectivity index (χ3v) is 3.05. The van der Waals surface area contributed by atoms with Crippen LogP contribution in [0.25, 0.3) is 0 Å². The number of aromatic carboxylic acids is 1. The standard InChI is InChI=1S/C12H16N2O3/c1-14(9-5-7-17-8-6-9)11-4-2-3-10(13-11)12(15)16/h2-4,9H,5-8H2,1H3,(H,15,16). The van der Waals surface area contributed by atoms with E-state index in [1.807, 2.05) is 18.0 Å². The minimum absolute atomic E-state index is 0.0846. The Morgan fingerprint density at radius 1 is 1.47 bits per heavy atom. The van der Waals surface area contributed by atoms with Crippen molar-refractivity contribution in [3.8, 4) is 0 Å². The maximum Gasteiger partial charge on any atom is 0.354 e. The Balaban J connectivity index is 2.14. The number of anilines is 1. The summed E-state index contributed by atoms with van der Waals surface area (Å²) in [6.07, 6.45) is 1.91. The molecule has 5 nitrogen and oxygen atoms in total. The summed E-state index contributed by atoms with van der Waals surface area (Å²) >= 11 is 0. The van der Waals surface area contributed by atoms with Crippen LogP contribution in [0.2, 0.25) is 0 Å². The molecule has 0 atom stereocenters. The maximum absolute atomic E-state index is 10.9. The predicted molar refractivity (Wildman–Crippen MR) is 63.4 cm³/mol. The molecule has 17 heavy (non-hydrogen) atoms. The average Bonchev–Trinajstić information content (AvgIpc) is 2.39. The zero-order valence-corrected chi connectivity index (χ0v) is 9.80. The van der Waals surface area contributed by atoms with E-state index in [0.717, 1.165) is 26.1 Å². The van der Waals surface area contributed by atoms with Crippen LogP contribution < -0.4 is 4.90 Å². The summed E-state index contributed by atoms with van der Waals surface area (Å²) in [5, 5.41) is 8.90. The summed E-state index contributed by atoms with van der Waals surface area (Å²) in [6.45, 7) is 1.52. The van der Waals surface area contributed by atoms with E-state index in [9.17, 15) is 4.79 Å². The first-order chi connectivity index (χ1) is 8.18. The van der Waals surface area contributed by atoms with Crippen molar-refractivity contribution in [2.24, 2.45) is 0 Å². The molecule has 92 valence electrons. The van der Waals surface area contributed by atoms with Gasteiger partial charge in [0.1, 0.15) is 5.82 Å². The van der Waals surface area contributed by atoms with Gasteiger partial charge in [0.15, 0.2) is 5.69 Å². The van der Waals surface area contributed by atoms with Crippen molar-refractivity contribution < 1.29 is 14.6 Å². The normalized spacial score (nSPS) is 16.8. The molecule has 0 radical (unpaired) electrons. The summed E-state index contributed by atoms with van der Waals surface area (Å²) in [5.41, 5.74) is 0.0846. The average molecular weight is 236 g/mol.